The van der Waals surface area contributed by atoms with Gasteiger partial charge < -0.3 is 10.6 Å². The average molecular weight is 221 g/mol. The summed E-state index contributed by atoms with van der Waals surface area (Å²) in [5.74, 6) is -0.0880. The summed E-state index contributed by atoms with van der Waals surface area (Å²) < 4.78 is 0. The molecule has 0 spiro atoms. The minimum absolute atomic E-state index is 0.0880. The first-order chi connectivity index (χ1) is 7.61. The number of carbonyl (C=O) groups is 1. The molecule has 0 aromatic carbocycles. The molecule has 0 fully saturated rings. The summed E-state index contributed by atoms with van der Waals surface area (Å²) >= 11 is 0. The molecule has 1 aromatic heterocycles. The maximum Gasteiger partial charge on any atom is 0.274 e. The minimum Gasteiger partial charge on any atom is -0.397 e. The quantitative estimate of drug-likeness (QED) is 0.845. The van der Waals surface area contributed by atoms with Crippen LogP contribution in [0.3, 0.4) is 0 Å². The van der Waals surface area contributed by atoms with Gasteiger partial charge in [-0.3, -0.25) is 4.79 Å². The zero-order valence-corrected chi connectivity index (χ0v) is 10.1. The summed E-state index contributed by atoms with van der Waals surface area (Å²) in [7, 11) is 0. The van der Waals surface area contributed by atoms with Gasteiger partial charge in [0.15, 0.2) is 5.69 Å². The first-order valence-corrected chi connectivity index (χ1v) is 5.63. The number of nitrogen functional groups attached to an aromatic ring is 1. The van der Waals surface area contributed by atoms with Crippen LogP contribution in [0, 0.1) is 0 Å². The van der Waals surface area contributed by atoms with Crippen molar-refractivity contribution in [3.05, 3.63) is 24.0 Å². The molecule has 0 aliphatic carbocycles. The Kier molecular flexibility index (Phi) is 4.28. The van der Waals surface area contributed by atoms with Crippen LogP contribution in [-0.2, 0) is 0 Å². The Morgan fingerprint density at radius 3 is 2.75 bits per heavy atom. The molecule has 0 saturated heterocycles. The zero-order valence-electron chi connectivity index (χ0n) is 10.1. The van der Waals surface area contributed by atoms with Gasteiger partial charge in [0.2, 0.25) is 0 Å². The molecule has 0 radical (unpaired) electrons. The second kappa shape index (κ2) is 5.49. The fraction of sp³-hybridized carbons (Fsp3) is 0.500. The van der Waals surface area contributed by atoms with E-state index in [-0.39, 0.29) is 11.9 Å². The SMILES string of the molecule is CCC(C)N(CC)C(=O)c1ncccc1N. The number of pyridine rings is 1. The lowest BCUT2D eigenvalue weighted by molar-refractivity contribution is 0.0695. The van der Waals surface area contributed by atoms with Gasteiger partial charge in [0.05, 0.1) is 5.69 Å². The molecule has 2 N–H and O–H groups in total. The fourth-order valence-corrected chi connectivity index (χ4v) is 1.61. The van der Waals surface area contributed by atoms with Crippen molar-refractivity contribution in [1.29, 1.82) is 0 Å². The smallest absolute Gasteiger partial charge is 0.274 e. The Morgan fingerprint density at radius 1 is 1.56 bits per heavy atom. The van der Waals surface area contributed by atoms with E-state index in [9.17, 15) is 4.79 Å². The molecule has 1 unspecified atom stereocenters. The van der Waals surface area contributed by atoms with Gasteiger partial charge in [-0.25, -0.2) is 4.98 Å². The van der Waals surface area contributed by atoms with Gasteiger partial charge in [-0.1, -0.05) is 6.92 Å². The number of nitrogens with two attached hydrogens (primary N) is 1. The highest BCUT2D eigenvalue weighted by molar-refractivity contribution is 5.97. The van der Waals surface area contributed by atoms with Crippen molar-refractivity contribution in [2.24, 2.45) is 0 Å². The molecule has 0 aliphatic heterocycles. The number of aromatic nitrogens is 1. The summed E-state index contributed by atoms with van der Waals surface area (Å²) in [6.45, 7) is 6.72. The van der Waals surface area contributed by atoms with Gasteiger partial charge in [0, 0.05) is 18.8 Å². The highest BCUT2D eigenvalue weighted by Gasteiger charge is 2.21. The van der Waals surface area contributed by atoms with E-state index in [1.165, 1.54) is 0 Å². The van der Waals surface area contributed by atoms with Crippen molar-refractivity contribution in [1.82, 2.24) is 9.88 Å². The lowest BCUT2D eigenvalue weighted by Gasteiger charge is -2.27. The third-order valence-electron chi connectivity index (χ3n) is 2.77. The number of anilines is 1. The molecule has 1 atom stereocenters. The van der Waals surface area contributed by atoms with Gasteiger partial charge in [-0.15, -0.1) is 0 Å². The second-order valence-corrected chi connectivity index (χ2v) is 3.79. The van der Waals surface area contributed by atoms with E-state index in [0.717, 1.165) is 6.42 Å². The Morgan fingerprint density at radius 2 is 2.25 bits per heavy atom. The van der Waals surface area contributed by atoms with Crippen LogP contribution >= 0.6 is 0 Å². The first kappa shape index (κ1) is 12.5. The highest BCUT2D eigenvalue weighted by Crippen LogP contribution is 2.13. The van der Waals surface area contributed by atoms with E-state index in [2.05, 4.69) is 11.9 Å². The molecule has 0 bridgehead atoms. The number of carbonyl (C=O) groups excluding carboxylic acids is 1. The standard InChI is InChI=1S/C12H19N3O/c1-4-9(3)15(5-2)12(16)11-10(13)7-6-8-14-11/h6-9H,4-5,13H2,1-3H3. The van der Waals surface area contributed by atoms with Crippen molar-refractivity contribution in [2.45, 2.75) is 33.2 Å². The van der Waals surface area contributed by atoms with Crippen LogP contribution in [0.15, 0.2) is 18.3 Å². The Balaban J connectivity index is 2.96. The van der Waals surface area contributed by atoms with Crippen molar-refractivity contribution in [3.63, 3.8) is 0 Å². The summed E-state index contributed by atoms with van der Waals surface area (Å²) in [6.07, 6.45) is 2.51. The van der Waals surface area contributed by atoms with E-state index >= 15 is 0 Å². The van der Waals surface area contributed by atoms with Gasteiger partial charge in [0.25, 0.3) is 5.91 Å². The zero-order chi connectivity index (χ0) is 12.1. The molecule has 1 heterocycles. The predicted octanol–water partition coefficient (Wildman–Crippen LogP) is 1.92. The van der Waals surface area contributed by atoms with Crippen molar-refractivity contribution < 1.29 is 4.79 Å². The summed E-state index contributed by atoms with van der Waals surface area (Å²) in [5, 5.41) is 0. The molecular formula is C12H19N3O. The molecule has 1 rings (SSSR count). The van der Waals surface area contributed by atoms with E-state index < -0.39 is 0 Å². The lowest BCUT2D eigenvalue weighted by Crippen LogP contribution is -2.38. The van der Waals surface area contributed by atoms with Gasteiger partial charge in [0.1, 0.15) is 0 Å². The molecular weight excluding hydrogens is 202 g/mol. The van der Waals surface area contributed by atoms with Crippen molar-refractivity contribution in [3.8, 4) is 0 Å². The van der Waals surface area contributed by atoms with Crippen LogP contribution in [-0.4, -0.2) is 28.4 Å². The van der Waals surface area contributed by atoms with Crippen LogP contribution in [0.5, 0.6) is 0 Å². The molecule has 4 heteroatoms. The van der Waals surface area contributed by atoms with Crippen molar-refractivity contribution in [2.75, 3.05) is 12.3 Å². The first-order valence-electron chi connectivity index (χ1n) is 5.63. The number of hydrogen-bond acceptors (Lipinski definition) is 3. The summed E-state index contributed by atoms with van der Waals surface area (Å²) in [4.78, 5) is 18.0. The predicted molar refractivity (Wildman–Crippen MR) is 65.1 cm³/mol. The van der Waals surface area contributed by atoms with Gasteiger partial charge in [-0.2, -0.15) is 0 Å². The van der Waals surface area contributed by atoms with Crippen LogP contribution < -0.4 is 5.73 Å². The van der Waals surface area contributed by atoms with Crippen LogP contribution in [0.1, 0.15) is 37.7 Å². The van der Waals surface area contributed by atoms with Crippen LogP contribution in [0.2, 0.25) is 0 Å². The number of hydrogen-bond donors (Lipinski definition) is 1. The molecule has 1 amide bonds. The van der Waals surface area contributed by atoms with Crippen molar-refractivity contribution >= 4 is 11.6 Å². The topological polar surface area (TPSA) is 59.2 Å². The summed E-state index contributed by atoms with van der Waals surface area (Å²) in [6, 6.07) is 3.63. The van der Waals surface area contributed by atoms with Gasteiger partial charge in [-0.05, 0) is 32.4 Å². The molecule has 88 valence electrons. The Hall–Kier alpha value is -1.58. The number of nitrogens with zero attached hydrogens (tertiary/aromatic N) is 2. The largest absolute Gasteiger partial charge is 0.397 e. The maximum absolute atomic E-state index is 12.2. The minimum atomic E-state index is -0.0880. The fourth-order valence-electron chi connectivity index (χ4n) is 1.61. The monoisotopic (exact) mass is 221 g/mol. The van der Waals surface area contributed by atoms with E-state index in [1.807, 2.05) is 13.8 Å². The van der Waals surface area contributed by atoms with Crippen LogP contribution in [0.25, 0.3) is 0 Å². The Labute approximate surface area is 96.5 Å². The van der Waals surface area contributed by atoms with Gasteiger partial charge >= 0.3 is 0 Å². The number of rotatable bonds is 4. The van der Waals surface area contributed by atoms with E-state index in [0.29, 0.717) is 17.9 Å². The third kappa shape index (κ3) is 2.51. The molecule has 0 saturated carbocycles. The molecule has 4 nitrogen and oxygen atoms in total. The summed E-state index contributed by atoms with van der Waals surface area (Å²) in [5.41, 5.74) is 6.54. The lowest BCUT2D eigenvalue weighted by atomic mass is 10.2. The molecule has 0 aliphatic rings. The molecule has 16 heavy (non-hydrogen) atoms. The highest BCUT2D eigenvalue weighted by atomic mass is 16.2. The number of amides is 1. The second-order valence-electron chi connectivity index (χ2n) is 3.79. The molecule has 1 aromatic rings. The average Bonchev–Trinajstić information content (AvgIpc) is 2.30. The van der Waals surface area contributed by atoms with E-state index in [1.54, 1.807) is 23.2 Å². The normalized spacial score (nSPS) is 12.2. The van der Waals surface area contributed by atoms with Crippen LogP contribution in [0.4, 0.5) is 5.69 Å². The van der Waals surface area contributed by atoms with E-state index in [4.69, 9.17) is 5.73 Å². The Bertz CT molecular complexity index is 365. The maximum atomic E-state index is 12.2. The third-order valence-corrected chi connectivity index (χ3v) is 2.77.